The van der Waals surface area contributed by atoms with E-state index in [0.717, 1.165) is 6.07 Å². The largest absolute Gasteiger partial charge is 0.392 e. The molecule has 0 saturated heterocycles. The standard InChI is InChI=1S/C7H5F3INO/c8-4-1-3(2-13)5(6(9)10)12-7(4)11/h1,6,13H,2H2. The first-order valence-electron chi connectivity index (χ1n) is 3.30. The van der Waals surface area contributed by atoms with Crippen molar-refractivity contribution in [3.63, 3.8) is 0 Å². The number of aliphatic hydroxyl groups is 1. The Hall–Kier alpha value is -0.370. The highest BCUT2D eigenvalue weighted by atomic mass is 127. The van der Waals surface area contributed by atoms with Crippen molar-refractivity contribution < 1.29 is 18.3 Å². The second-order valence-corrected chi connectivity index (χ2v) is 3.29. The van der Waals surface area contributed by atoms with Crippen LogP contribution in [0.2, 0.25) is 0 Å². The van der Waals surface area contributed by atoms with E-state index in [0.29, 0.717) is 0 Å². The lowest BCUT2D eigenvalue weighted by Gasteiger charge is -2.06. The van der Waals surface area contributed by atoms with Crippen LogP contribution in [0.5, 0.6) is 0 Å². The lowest BCUT2D eigenvalue weighted by molar-refractivity contribution is 0.141. The van der Waals surface area contributed by atoms with Crippen LogP contribution in [-0.4, -0.2) is 10.1 Å². The molecule has 1 aromatic heterocycles. The number of aliphatic hydroxyl groups excluding tert-OH is 1. The summed E-state index contributed by atoms with van der Waals surface area (Å²) in [7, 11) is 0. The van der Waals surface area contributed by atoms with Gasteiger partial charge in [-0.2, -0.15) is 0 Å². The van der Waals surface area contributed by atoms with Crippen LogP contribution in [-0.2, 0) is 6.61 Å². The molecule has 1 heterocycles. The maximum absolute atomic E-state index is 12.8. The van der Waals surface area contributed by atoms with Gasteiger partial charge in [-0.25, -0.2) is 18.2 Å². The van der Waals surface area contributed by atoms with Gasteiger partial charge in [-0.15, -0.1) is 0 Å². The van der Waals surface area contributed by atoms with E-state index in [4.69, 9.17) is 5.11 Å². The third-order valence-corrected chi connectivity index (χ3v) is 2.18. The zero-order valence-corrected chi connectivity index (χ0v) is 8.43. The number of hydrogen-bond acceptors (Lipinski definition) is 2. The number of pyridine rings is 1. The third-order valence-electron chi connectivity index (χ3n) is 1.42. The van der Waals surface area contributed by atoms with Crippen LogP contribution in [0.3, 0.4) is 0 Å². The minimum absolute atomic E-state index is 0.120. The molecule has 6 heteroatoms. The highest BCUT2D eigenvalue weighted by molar-refractivity contribution is 14.1. The highest BCUT2D eigenvalue weighted by Crippen LogP contribution is 2.23. The quantitative estimate of drug-likeness (QED) is 0.671. The molecule has 0 unspecified atom stereocenters. The van der Waals surface area contributed by atoms with Crippen molar-refractivity contribution in [2.75, 3.05) is 0 Å². The monoisotopic (exact) mass is 303 g/mol. The minimum Gasteiger partial charge on any atom is -0.392 e. The van der Waals surface area contributed by atoms with Gasteiger partial charge in [0.2, 0.25) is 0 Å². The van der Waals surface area contributed by atoms with E-state index in [-0.39, 0.29) is 9.26 Å². The van der Waals surface area contributed by atoms with E-state index in [2.05, 4.69) is 4.98 Å². The molecule has 0 fully saturated rings. The van der Waals surface area contributed by atoms with Gasteiger partial charge in [0.05, 0.1) is 6.61 Å². The van der Waals surface area contributed by atoms with E-state index in [1.54, 1.807) is 0 Å². The van der Waals surface area contributed by atoms with Gasteiger partial charge in [0.15, 0.2) is 5.82 Å². The summed E-state index contributed by atoms with van der Waals surface area (Å²) >= 11 is 1.52. The molecular weight excluding hydrogens is 298 g/mol. The first-order valence-corrected chi connectivity index (χ1v) is 4.38. The van der Waals surface area contributed by atoms with Crippen LogP contribution in [0.4, 0.5) is 13.2 Å². The Morgan fingerprint density at radius 3 is 2.62 bits per heavy atom. The molecule has 72 valence electrons. The average molecular weight is 303 g/mol. The summed E-state index contributed by atoms with van der Waals surface area (Å²) in [5.74, 6) is -0.700. The molecular formula is C7H5F3INO. The molecule has 0 amide bonds. The summed E-state index contributed by atoms with van der Waals surface area (Å²) in [4.78, 5) is 3.34. The molecule has 0 aromatic carbocycles. The Morgan fingerprint density at radius 2 is 2.15 bits per heavy atom. The van der Waals surface area contributed by atoms with Crippen molar-refractivity contribution in [2.24, 2.45) is 0 Å². The molecule has 0 radical (unpaired) electrons. The number of rotatable bonds is 2. The second kappa shape index (κ2) is 4.23. The third kappa shape index (κ3) is 2.31. The zero-order valence-electron chi connectivity index (χ0n) is 6.27. The molecule has 0 bridgehead atoms. The number of alkyl halides is 2. The number of halogens is 4. The van der Waals surface area contributed by atoms with Crippen LogP contribution < -0.4 is 0 Å². The van der Waals surface area contributed by atoms with Gasteiger partial charge < -0.3 is 5.11 Å². The predicted molar refractivity (Wildman–Crippen MR) is 47.8 cm³/mol. The summed E-state index contributed by atoms with van der Waals surface area (Å²) < 4.78 is 37.1. The lowest BCUT2D eigenvalue weighted by atomic mass is 10.2. The Kier molecular flexibility index (Phi) is 3.48. The first-order chi connectivity index (χ1) is 6.06. The van der Waals surface area contributed by atoms with Gasteiger partial charge >= 0.3 is 0 Å². The summed E-state index contributed by atoms with van der Waals surface area (Å²) in [6.45, 7) is -0.638. The van der Waals surface area contributed by atoms with Crippen LogP contribution in [0.1, 0.15) is 17.7 Å². The number of aromatic nitrogens is 1. The summed E-state index contributed by atoms with van der Waals surface area (Å²) in [5, 5.41) is 8.64. The van der Waals surface area contributed by atoms with Crippen molar-refractivity contribution in [1.29, 1.82) is 0 Å². The van der Waals surface area contributed by atoms with Gasteiger partial charge in [-0.3, -0.25) is 0 Å². The molecule has 0 spiro atoms. The molecule has 0 aliphatic heterocycles. The van der Waals surface area contributed by atoms with E-state index >= 15 is 0 Å². The summed E-state index contributed by atoms with van der Waals surface area (Å²) in [5.41, 5.74) is -0.735. The fourth-order valence-corrected chi connectivity index (χ4v) is 1.25. The molecule has 1 rings (SSSR count). The van der Waals surface area contributed by atoms with Crippen LogP contribution >= 0.6 is 22.6 Å². The maximum atomic E-state index is 12.8. The molecule has 2 nitrogen and oxygen atoms in total. The van der Waals surface area contributed by atoms with Crippen molar-refractivity contribution >= 4 is 22.6 Å². The van der Waals surface area contributed by atoms with E-state index < -0.39 is 24.5 Å². The van der Waals surface area contributed by atoms with Gasteiger partial charge in [-0.05, 0) is 28.7 Å². The SMILES string of the molecule is OCc1cc(F)c(I)nc1C(F)F. The average Bonchev–Trinajstić information content (AvgIpc) is 2.08. The Balaban J connectivity index is 3.25. The van der Waals surface area contributed by atoms with Crippen molar-refractivity contribution in [2.45, 2.75) is 13.0 Å². The van der Waals surface area contributed by atoms with Crippen molar-refractivity contribution in [1.82, 2.24) is 4.98 Å². The number of nitrogens with zero attached hydrogens (tertiary/aromatic N) is 1. The molecule has 0 aliphatic rings. The number of hydrogen-bond donors (Lipinski definition) is 1. The molecule has 0 saturated carbocycles. The predicted octanol–water partition coefficient (Wildman–Crippen LogP) is 2.26. The normalized spacial score (nSPS) is 10.9. The zero-order chi connectivity index (χ0) is 10.0. The van der Waals surface area contributed by atoms with Crippen molar-refractivity contribution in [3.8, 4) is 0 Å². The Labute approximate surface area is 85.9 Å². The van der Waals surface area contributed by atoms with Crippen LogP contribution in [0, 0.1) is 9.52 Å². The second-order valence-electron chi connectivity index (χ2n) is 2.26. The lowest BCUT2D eigenvalue weighted by Crippen LogP contribution is -2.02. The summed E-state index contributed by atoms with van der Waals surface area (Å²) in [6.07, 6.45) is -2.80. The van der Waals surface area contributed by atoms with Gasteiger partial charge in [0.1, 0.15) is 9.39 Å². The summed E-state index contributed by atoms with van der Waals surface area (Å²) in [6, 6.07) is 0.871. The smallest absolute Gasteiger partial charge is 0.280 e. The van der Waals surface area contributed by atoms with Crippen LogP contribution in [0.15, 0.2) is 6.07 Å². The molecule has 1 N–H and O–H groups in total. The highest BCUT2D eigenvalue weighted by Gasteiger charge is 2.17. The molecule has 1 aromatic rings. The van der Waals surface area contributed by atoms with E-state index in [1.165, 1.54) is 22.6 Å². The maximum Gasteiger partial charge on any atom is 0.280 e. The first kappa shape index (κ1) is 10.7. The topological polar surface area (TPSA) is 33.1 Å². The fourth-order valence-electron chi connectivity index (χ4n) is 0.833. The fraction of sp³-hybridized carbons (Fsp3) is 0.286. The van der Waals surface area contributed by atoms with Crippen molar-refractivity contribution in [3.05, 3.63) is 26.8 Å². The molecule has 13 heavy (non-hydrogen) atoms. The van der Waals surface area contributed by atoms with Crippen LogP contribution in [0.25, 0.3) is 0 Å². The van der Waals surface area contributed by atoms with E-state index in [1.807, 2.05) is 0 Å². The Bertz CT molecular complexity index is 319. The molecule has 0 aliphatic carbocycles. The van der Waals surface area contributed by atoms with Gasteiger partial charge in [0, 0.05) is 5.56 Å². The van der Waals surface area contributed by atoms with Gasteiger partial charge in [0.25, 0.3) is 6.43 Å². The van der Waals surface area contributed by atoms with Gasteiger partial charge in [-0.1, -0.05) is 0 Å². The molecule has 0 atom stereocenters. The van der Waals surface area contributed by atoms with E-state index in [9.17, 15) is 13.2 Å². The Morgan fingerprint density at radius 1 is 1.54 bits per heavy atom. The minimum atomic E-state index is -2.80.